The minimum atomic E-state index is -0.816. The van der Waals surface area contributed by atoms with Gasteiger partial charge in [-0.05, 0) is 49.2 Å². The van der Waals surface area contributed by atoms with Crippen molar-refractivity contribution in [3.63, 3.8) is 0 Å². The Labute approximate surface area is 227 Å². The van der Waals surface area contributed by atoms with Crippen molar-refractivity contribution >= 4 is 46.6 Å². The van der Waals surface area contributed by atoms with Crippen LogP contribution >= 0.6 is 34.8 Å². The summed E-state index contributed by atoms with van der Waals surface area (Å²) in [6.07, 6.45) is 1.07. The van der Waals surface area contributed by atoms with E-state index in [0.717, 1.165) is 12.0 Å². The van der Waals surface area contributed by atoms with Crippen LogP contribution in [0.4, 0.5) is 0 Å². The highest BCUT2D eigenvalue weighted by atomic mass is 35.5. The number of hydrogen-bond donors (Lipinski definition) is 1. The van der Waals surface area contributed by atoms with Crippen LogP contribution in [0.15, 0.2) is 72.8 Å². The van der Waals surface area contributed by atoms with Gasteiger partial charge in [0.25, 0.3) is 5.91 Å². The van der Waals surface area contributed by atoms with Crippen molar-refractivity contribution in [3.05, 3.63) is 99.0 Å². The molecular weight excluding hydrogens is 519 g/mol. The van der Waals surface area contributed by atoms with Gasteiger partial charge in [-0.15, -0.1) is 0 Å². The van der Waals surface area contributed by atoms with Crippen LogP contribution in [-0.4, -0.2) is 35.4 Å². The van der Waals surface area contributed by atoms with E-state index in [0.29, 0.717) is 32.8 Å². The Morgan fingerprint density at radius 3 is 2.25 bits per heavy atom. The molecule has 2 unspecified atom stereocenters. The Hall–Kier alpha value is -2.73. The fraction of sp³-hybridized carbons (Fsp3) is 0.286. The van der Waals surface area contributed by atoms with Crippen molar-refractivity contribution in [1.82, 2.24) is 10.2 Å². The molecule has 0 aliphatic carbocycles. The molecule has 0 radical (unpaired) electrons. The molecule has 3 aromatic rings. The Morgan fingerprint density at radius 2 is 1.61 bits per heavy atom. The number of nitrogens with one attached hydrogen (secondary N) is 1. The second kappa shape index (κ2) is 13.5. The topological polar surface area (TPSA) is 58.6 Å². The van der Waals surface area contributed by atoms with E-state index < -0.39 is 6.04 Å². The Kier molecular flexibility index (Phi) is 10.5. The lowest BCUT2D eigenvalue weighted by atomic mass is 10.0. The highest BCUT2D eigenvalue weighted by Gasteiger charge is 2.32. The molecule has 0 saturated heterocycles. The second-order valence-corrected chi connectivity index (χ2v) is 9.74. The normalized spacial score (nSPS) is 12.5. The first-order valence-electron chi connectivity index (χ1n) is 11.7. The zero-order valence-corrected chi connectivity index (χ0v) is 22.5. The minimum Gasteiger partial charge on any atom is -0.484 e. The van der Waals surface area contributed by atoms with Crippen LogP contribution in [0.2, 0.25) is 15.1 Å². The van der Waals surface area contributed by atoms with Crippen LogP contribution in [0.25, 0.3) is 0 Å². The molecule has 0 bridgehead atoms. The van der Waals surface area contributed by atoms with E-state index in [1.807, 2.05) is 44.2 Å². The fourth-order valence-electron chi connectivity index (χ4n) is 3.63. The molecule has 190 valence electrons. The number of carbonyl (C=O) groups excluding carboxylic acids is 2. The first-order chi connectivity index (χ1) is 17.3. The van der Waals surface area contributed by atoms with Crippen molar-refractivity contribution in [3.8, 4) is 5.75 Å². The smallest absolute Gasteiger partial charge is 0.261 e. The first kappa shape index (κ1) is 27.9. The maximum absolute atomic E-state index is 13.6. The molecule has 2 atom stereocenters. The molecule has 0 aliphatic rings. The fourth-order valence-corrected chi connectivity index (χ4v) is 4.33. The molecule has 8 heteroatoms. The average Bonchev–Trinajstić information content (AvgIpc) is 2.86. The van der Waals surface area contributed by atoms with Gasteiger partial charge in [0.2, 0.25) is 5.91 Å². The Balaban J connectivity index is 1.96. The maximum atomic E-state index is 13.6. The number of ether oxygens (including phenoxy) is 1. The van der Waals surface area contributed by atoms with Crippen LogP contribution in [0.5, 0.6) is 5.75 Å². The van der Waals surface area contributed by atoms with E-state index in [-0.39, 0.29) is 31.0 Å². The molecule has 0 fully saturated rings. The lowest BCUT2D eigenvalue weighted by molar-refractivity contribution is -0.143. The molecule has 3 rings (SSSR count). The summed E-state index contributed by atoms with van der Waals surface area (Å²) in [7, 11) is 0. The van der Waals surface area contributed by atoms with Gasteiger partial charge in [-0.1, -0.05) is 84.2 Å². The average molecular weight is 548 g/mol. The van der Waals surface area contributed by atoms with E-state index in [4.69, 9.17) is 39.5 Å². The number of halogens is 3. The van der Waals surface area contributed by atoms with Gasteiger partial charge in [0.15, 0.2) is 6.61 Å². The zero-order valence-electron chi connectivity index (χ0n) is 20.2. The van der Waals surface area contributed by atoms with E-state index in [2.05, 4.69) is 5.32 Å². The standard InChI is InChI=1S/C28H29Cl3N2O3/c1-3-19(2)32-28(35)26(15-20-9-5-4-6-10-20)33(17-23-24(30)13-8-14-25(23)31)27(34)18-36-22-12-7-11-21(29)16-22/h4-14,16,19,26H,3,15,17-18H2,1-2H3,(H,32,35). The van der Waals surface area contributed by atoms with Crippen LogP contribution in [0, 0.1) is 0 Å². The number of benzene rings is 3. The summed E-state index contributed by atoms with van der Waals surface area (Å²) in [4.78, 5) is 28.6. The summed E-state index contributed by atoms with van der Waals surface area (Å²) < 4.78 is 5.74. The number of carbonyl (C=O) groups is 2. The number of amides is 2. The molecule has 0 aliphatic heterocycles. The van der Waals surface area contributed by atoms with Gasteiger partial charge in [-0.2, -0.15) is 0 Å². The van der Waals surface area contributed by atoms with E-state index >= 15 is 0 Å². The Bertz CT molecular complexity index is 1150. The first-order valence-corrected chi connectivity index (χ1v) is 12.9. The molecule has 0 aromatic heterocycles. The van der Waals surface area contributed by atoms with Crippen LogP contribution < -0.4 is 10.1 Å². The van der Waals surface area contributed by atoms with Gasteiger partial charge >= 0.3 is 0 Å². The van der Waals surface area contributed by atoms with Crippen LogP contribution in [-0.2, 0) is 22.6 Å². The molecule has 5 nitrogen and oxygen atoms in total. The molecule has 2 amide bonds. The van der Waals surface area contributed by atoms with Crippen molar-refractivity contribution in [1.29, 1.82) is 0 Å². The second-order valence-electron chi connectivity index (χ2n) is 8.49. The molecule has 0 spiro atoms. The largest absolute Gasteiger partial charge is 0.484 e. The summed E-state index contributed by atoms with van der Waals surface area (Å²) in [6.45, 7) is 3.67. The number of nitrogens with zero attached hydrogens (tertiary/aromatic N) is 1. The summed E-state index contributed by atoms with van der Waals surface area (Å²) in [5, 5.41) is 4.35. The van der Waals surface area contributed by atoms with E-state index in [1.54, 1.807) is 42.5 Å². The van der Waals surface area contributed by atoms with Gasteiger partial charge in [0.1, 0.15) is 11.8 Å². The van der Waals surface area contributed by atoms with Crippen molar-refractivity contribution in [2.75, 3.05) is 6.61 Å². The molecule has 36 heavy (non-hydrogen) atoms. The lowest BCUT2D eigenvalue weighted by Crippen LogP contribution is -2.53. The third kappa shape index (κ3) is 7.89. The number of hydrogen-bond acceptors (Lipinski definition) is 3. The Morgan fingerprint density at radius 1 is 0.944 bits per heavy atom. The van der Waals surface area contributed by atoms with Gasteiger partial charge in [0, 0.05) is 39.6 Å². The van der Waals surface area contributed by atoms with E-state index in [9.17, 15) is 9.59 Å². The van der Waals surface area contributed by atoms with Gasteiger partial charge < -0.3 is 15.0 Å². The third-order valence-electron chi connectivity index (χ3n) is 5.82. The van der Waals surface area contributed by atoms with Crippen molar-refractivity contribution < 1.29 is 14.3 Å². The highest BCUT2D eigenvalue weighted by Crippen LogP contribution is 2.27. The third-order valence-corrected chi connectivity index (χ3v) is 6.76. The monoisotopic (exact) mass is 546 g/mol. The zero-order chi connectivity index (χ0) is 26.1. The van der Waals surface area contributed by atoms with E-state index in [1.165, 1.54) is 4.90 Å². The van der Waals surface area contributed by atoms with Crippen molar-refractivity contribution in [2.24, 2.45) is 0 Å². The highest BCUT2D eigenvalue weighted by molar-refractivity contribution is 6.36. The van der Waals surface area contributed by atoms with Crippen molar-refractivity contribution in [2.45, 2.75) is 45.3 Å². The molecule has 0 saturated carbocycles. The quantitative estimate of drug-likeness (QED) is 0.295. The maximum Gasteiger partial charge on any atom is 0.261 e. The summed E-state index contributed by atoms with van der Waals surface area (Å²) >= 11 is 19.0. The van der Waals surface area contributed by atoms with Gasteiger partial charge in [-0.25, -0.2) is 0 Å². The minimum absolute atomic E-state index is 0.0433. The summed E-state index contributed by atoms with van der Waals surface area (Å²) in [5.74, 6) is -0.186. The van der Waals surface area contributed by atoms with Gasteiger partial charge in [0.05, 0.1) is 0 Å². The molecule has 0 heterocycles. The molecular formula is C28H29Cl3N2O3. The molecule has 3 aromatic carbocycles. The predicted octanol–water partition coefficient (Wildman–Crippen LogP) is 6.58. The predicted molar refractivity (Wildman–Crippen MR) is 146 cm³/mol. The summed E-state index contributed by atoms with van der Waals surface area (Å²) in [5.41, 5.74) is 1.48. The number of rotatable bonds is 11. The van der Waals surface area contributed by atoms with Crippen LogP contribution in [0.3, 0.4) is 0 Å². The SMILES string of the molecule is CCC(C)NC(=O)C(Cc1ccccc1)N(Cc1c(Cl)cccc1Cl)C(=O)COc1cccc(Cl)c1. The lowest BCUT2D eigenvalue weighted by Gasteiger charge is -2.32. The van der Waals surface area contributed by atoms with Gasteiger partial charge in [-0.3, -0.25) is 9.59 Å². The van der Waals surface area contributed by atoms with Crippen LogP contribution in [0.1, 0.15) is 31.4 Å². The molecule has 1 N–H and O–H groups in total. The summed E-state index contributed by atoms with van der Waals surface area (Å²) in [6, 6.07) is 20.6.